The molecule has 0 bridgehead atoms. The van der Waals surface area contributed by atoms with Crippen LogP contribution in [0.3, 0.4) is 0 Å². The van der Waals surface area contributed by atoms with Gasteiger partial charge in [-0.2, -0.15) is 0 Å². The van der Waals surface area contributed by atoms with E-state index in [-0.39, 0.29) is 17.9 Å². The lowest BCUT2D eigenvalue weighted by Gasteiger charge is -2.22. The normalized spacial score (nSPS) is 13.4. The third-order valence-corrected chi connectivity index (χ3v) is 3.33. The molecule has 2 unspecified atom stereocenters. The largest absolute Gasteiger partial charge is 0.496 e. The van der Waals surface area contributed by atoms with Gasteiger partial charge in [0.05, 0.1) is 26.9 Å². The Morgan fingerprint density at radius 3 is 2.05 bits per heavy atom. The van der Waals surface area contributed by atoms with Gasteiger partial charge < -0.3 is 25.7 Å². The fourth-order valence-corrected chi connectivity index (χ4v) is 2.38. The average molecular weight is 296 g/mol. The van der Waals surface area contributed by atoms with E-state index in [2.05, 4.69) is 0 Å². The third-order valence-electron chi connectivity index (χ3n) is 3.33. The van der Waals surface area contributed by atoms with Gasteiger partial charge in [-0.3, -0.25) is 4.79 Å². The van der Waals surface area contributed by atoms with Crippen molar-refractivity contribution in [2.75, 3.05) is 21.3 Å². The van der Waals surface area contributed by atoms with Crippen molar-refractivity contribution in [1.82, 2.24) is 0 Å². The summed E-state index contributed by atoms with van der Waals surface area (Å²) in [7, 11) is 4.71. The number of amides is 1. The van der Waals surface area contributed by atoms with Gasteiger partial charge >= 0.3 is 0 Å². The Bertz CT molecular complexity index is 466. The van der Waals surface area contributed by atoms with Crippen molar-refractivity contribution in [3.05, 3.63) is 17.7 Å². The van der Waals surface area contributed by atoms with E-state index in [0.717, 1.165) is 5.56 Å². The molecule has 0 heterocycles. The summed E-state index contributed by atoms with van der Waals surface area (Å²) in [5, 5.41) is 0. The predicted octanol–water partition coefficient (Wildman–Crippen LogP) is 1.61. The van der Waals surface area contributed by atoms with Crippen LogP contribution < -0.4 is 25.7 Å². The van der Waals surface area contributed by atoms with E-state index >= 15 is 0 Å². The average Bonchev–Trinajstić information content (AvgIpc) is 2.44. The van der Waals surface area contributed by atoms with Crippen molar-refractivity contribution in [3.8, 4) is 17.2 Å². The Balaban J connectivity index is 3.06. The molecule has 4 N–H and O–H groups in total. The van der Waals surface area contributed by atoms with Crippen molar-refractivity contribution >= 4 is 5.91 Å². The Labute approximate surface area is 125 Å². The number of rotatable bonds is 8. The van der Waals surface area contributed by atoms with Gasteiger partial charge in [0.1, 0.15) is 17.2 Å². The lowest BCUT2D eigenvalue weighted by atomic mass is 9.93. The van der Waals surface area contributed by atoms with Crippen molar-refractivity contribution in [2.45, 2.75) is 25.8 Å². The summed E-state index contributed by atoms with van der Waals surface area (Å²) >= 11 is 0. The molecule has 0 fully saturated rings. The van der Waals surface area contributed by atoms with Gasteiger partial charge in [0.15, 0.2) is 0 Å². The summed E-state index contributed by atoms with van der Waals surface area (Å²) in [6.45, 7) is 1.94. The maximum Gasteiger partial charge on any atom is 0.217 e. The Morgan fingerprint density at radius 1 is 1.14 bits per heavy atom. The second kappa shape index (κ2) is 7.73. The molecule has 6 nitrogen and oxygen atoms in total. The van der Waals surface area contributed by atoms with E-state index in [1.54, 1.807) is 33.5 Å². The summed E-state index contributed by atoms with van der Waals surface area (Å²) in [5.74, 6) is 1.58. The maximum atomic E-state index is 11.0. The number of primary amides is 1. The molecule has 118 valence electrons. The highest BCUT2D eigenvalue weighted by Crippen LogP contribution is 2.39. The molecule has 6 heteroatoms. The third kappa shape index (κ3) is 4.53. The standard InChI is InChI=1S/C15H24N2O4/c1-9(6-14(17)18)5-11(16)15-12(20-3)7-10(19-2)8-13(15)21-4/h7-9,11H,5-6,16H2,1-4H3,(H2,17,18). The van der Waals surface area contributed by atoms with Gasteiger partial charge in [-0.1, -0.05) is 6.92 Å². The molecule has 1 aromatic rings. The molecule has 2 atom stereocenters. The highest BCUT2D eigenvalue weighted by molar-refractivity contribution is 5.73. The topological polar surface area (TPSA) is 96.8 Å². The van der Waals surface area contributed by atoms with Gasteiger partial charge in [0.2, 0.25) is 5.91 Å². The van der Waals surface area contributed by atoms with Gasteiger partial charge in [-0.15, -0.1) is 0 Å². The molecule has 0 aromatic heterocycles. The van der Waals surface area contributed by atoms with Crippen LogP contribution in [0.2, 0.25) is 0 Å². The predicted molar refractivity (Wildman–Crippen MR) is 80.6 cm³/mol. The van der Waals surface area contributed by atoms with Gasteiger partial charge in [0.25, 0.3) is 0 Å². The first-order valence-corrected chi connectivity index (χ1v) is 6.76. The molecule has 0 saturated carbocycles. The summed E-state index contributed by atoms with van der Waals surface area (Å²) < 4.78 is 16.0. The van der Waals surface area contributed by atoms with E-state index in [9.17, 15) is 4.79 Å². The van der Waals surface area contributed by atoms with E-state index in [1.165, 1.54) is 0 Å². The molecule has 0 aliphatic rings. The first-order chi connectivity index (χ1) is 9.92. The molecule has 0 aliphatic heterocycles. The molecule has 0 aliphatic carbocycles. The van der Waals surface area contributed by atoms with E-state index in [0.29, 0.717) is 30.1 Å². The van der Waals surface area contributed by atoms with Crippen LogP contribution in [0.25, 0.3) is 0 Å². The maximum absolute atomic E-state index is 11.0. The highest BCUT2D eigenvalue weighted by Gasteiger charge is 2.22. The molecule has 1 aromatic carbocycles. The number of nitrogens with two attached hydrogens (primary N) is 2. The quantitative estimate of drug-likeness (QED) is 0.759. The van der Waals surface area contributed by atoms with Gasteiger partial charge in [-0.25, -0.2) is 0 Å². The monoisotopic (exact) mass is 296 g/mol. The van der Waals surface area contributed by atoms with E-state index in [4.69, 9.17) is 25.7 Å². The van der Waals surface area contributed by atoms with E-state index in [1.807, 2.05) is 6.92 Å². The zero-order valence-electron chi connectivity index (χ0n) is 13.0. The van der Waals surface area contributed by atoms with Gasteiger partial charge in [0, 0.05) is 24.6 Å². The SMILES string of the molecule is COc1cc(OC)c(C(N)CC(C)CC(N)=O)c(OC)c1. The number of benzene rings is 1. The minimum Gasteiger partial charge on any atom is -0.496 e. The molecule has 21 heavy (non-hydrogen) atoms. The summed E-state index contributed by atoms with van der Waals surface area (Å²) in [6, 6.07) is 3.20. The smallest absolute Gasteiger partial charge is 0.217 e. The number of hydrogen-bond acceptors (Lipinski definition) is 5. The lowest BCUT2D eigenvalue weighted by molar-refractivity contribution is -0.118. The Morgan fingerprint density at radius 2 is 1.67 bits per heavy atom. The number of carbonyl (C=O) groups is 1. The summed E-state index contributed by atoms with van der Waals surface area (Å²) in [5.41, 5.74) is 12.2. The van der Waals surface area contributed by atoms with Crippen LogP contribution in [0.15, 0.2) is 12.1 Å². The van der Waals surface area contributed by atoms with Crippen molar-refractivity contribution in [3.63, 3.8) is 0 Å². The molecule has 0 radical (unpaired) electrons. The van der Waals surface area contributed by atoms with Crippen LogP contribution >= 0.6 is 0 Å². The molecular formula is C15H24N2O4. The van der Waals surface area contributed by atoms with Crippen LogP contribution in [0, 0.1) is 5.92 Å². The fourth-order valence-electron chi connectivity index (χ4n) is 2.38. The molecule has 1 rings (SSSR count). The van der Waals surface area contributed by atoms with Crippen LogP contribution in [0.4, 0.5) is 0 Å². The van der Waals surface area contributed by atoms with Crippen LogP contribution in [-0.2, 0) is 4.79 Å². The zero-order valence-corrected chi connectivity index (χ0v) is 13.0. The van der Waals surface area contributed by atoms with Crippen molar-refractivity contribution in [1.29, 1.82) is 0 Å². The second-order valence-electron chi connectivity index (χ2n) is 5.06. The molecular weight excluding hydrogens is 272 g/mol. The molecule has 0 saturated heterocycles. The fraction of sp³-hybridized carbons (Fsp3) is 0.533. The van der Waals surface area contributed by atoms with E-state index < -0.39 is 0 Å². The van der Waals surface area contributed by atoms with Crippen LogP contribution in [-0.4, -0.2) is 27.2 Å². The first kappa shape index (κ1) is 17.1. The first-order valence-electron chi connectivity index (χ1n) is 6.76. The summed E-state index contributed by atoms with van der Waals surface area (Å²) in [6.07, 6.45) is 0.899. The Hall–Kier alpha value is -1.95. The lowest BCUT2D eigenvalue weighted by Crippen LogP contribution is -2.20. The van der Waals surface area contributed by atoms with Crippen molar-refractivity contribution in [2.24, 2.45) is 17.4 Å². The minimum absolute atomic E-state index is 0.0778. The molecule has 1 amide bonds. The number of ether oxygens (including phenoxy) is 3. The zero-order chi connectivity index (χ0) is 16.0. The van der Waals surface area contributed by atoms with Crippen LogP contribution in [0.5, 0.6) is 17.2 Å². The number of methoxy groups -OCH3 is 3. The van der Waals surface area contributed by atoms with Crippen molar-refractivity contribution < 1.29 is 19.0 Å². The van der Waals surface area contributed by atoms with Gasteiger partial charge in [-0.05, 0) is 12.3 Å². The van der Waals surface area contributed by atoms with Crippen LogP contribution in [0.1, 0.15) is 31.4 Å². The number of carbonyl (C=O) groups excluding carboxylic acids is 1. The minimum atomic E-state index is -0.330. The molecule has 0 spiro atoms. The summed E-state index contributed by atoms with van der Waals surface area (Å²) in [4.78, 5) is 11.0. The Kier molecular flexibility index (Phi) is 6.30. The second-order valence-corrected chi connectivity index (χ2v) is 5.06. The highest BCUT2D eigenvalue weighted by atomic mass is 16.5. The number of hydrogen-bond donors (Lipinski definition) is 2.